The Hall–Kier alpha value is -3.76. The van der Waals surface area contributed by atoms with Crippen LogP contribution in [0, 0.1) is 0 Å². The Labute approximate surface area is 192 Å². The summed E-state index contributed by atoms with van der Waals surface area (Å²) in [5.74, 6) is 5.63. The van der Waals surface area contributed by atoms with Gasteiger partial charge in [-0.2, -0.15) is 0 Å². The van der Waals surface area contributed by atoms with E-state index in [0.717, 1.165) is 17.7 Å². The molecule has 0 aliphatic carbocycles. The van der Waals surface area contributed by atoms with Gasteiger partial charge >= 0.3 is 5.91 Å². The number of hydrazine groups is 1. The van der Waals surface area contributed by atoms with Crippen molar-refractivity contribution >= 4 is 17.5 Å². The van der Waals surface area contributed by atoms with Gasteiger partial charge in [-0.15, -0.1) is 0 Å². The molecule has 0 radical (unpaired) electrons. The molecule has 1 aromatic heterocycles. The second-order valence-corrected chi connectivity index (χ2v) is 7.52. The molecule has 1 unspecified atom stereocenters. The summed E-state index contributed by atoms with van der Waals surface area (Å²) in [5.41, 5.74) is 7.40. The summed E-state index contributed by atoms with van der Waals surface area (Å²) in [6, 6.07) is 12.8. The van der Waals surface area contributed by atoms with Crippen molar-refractivity contribution < 1.29 is 20.1 Å². The Bertz CT molecular complexity index is 1050. The van der Waals surface area contributed by atoms with E-state index in [9.17, 15) is 9.59 Å². The highest BCUT2D eigenvalue weighted by Gasteiger charge is 2.27. The monoisotopic (exact) mass is 452 g/mol. The van der Waals surface area contributed by atoms with Crippen LogP contribution in [0.25, 0.3) is 0 Å². The largest absolute Gasteiger partial charge is 0.481 e. The van der Waals surface area contributed by atoms with E-state index in [0.29, 0.717) is 12.4 Å². The molecule has 33 heavy (non-hydrogen) atoms. The number of quaternary nitrogens is 1. The van der Waals surface area contributed by atoms with E-state index in [1.807, 2.05) is 12.1 Å². The van der Waals surface area contributed by atoms with E-state index < -0.39 is 0 Å². The van der Waals surface area contributed by atoms with Gasteiger partial charge in [0.25, 0.3) is 5.91 Å². The third-order valence-electron chi connectivity index (χ3n) is 5.10. The molecule has 1 aliphatic rings. The molecule has 0 fully saturated rings. The Kier molecular flexibility index (Phi) is 8.11. The fraction of sp³-hybridized carbons (Fsp3) is 0.304. The van der Waals surface area contributed by atoms with Gasteiger partial charge in [-0.1, -0.05) is 37.3 Å². The Morgan fingerprint density at radius 2 is 2.00 bits per heavy atom. The summed E-state index contributed by atoms with van der Waals surface area (Å²) in [5, 5.41) is 7.00. The van der Waals surface area contributed by atoms with Gasteiger partial charge in [-0.3, -0.25) is 14.6 Å². The van der Waals surface area contributed by atoms with E-state index in [4.69, 9.17) is 10.6 Å². The number of methoxy groups -OCH3 is 1. The van der Waals surface area contributed by atoms with Crippen molar-refractivity contribution in [3.8, 4) is 5.88 Å². The Morgan fingerprint density at radius 1 is 1.27 bits per heavy atom. The maximum Gasteiger partial charge on any atom is 0.307 e. The van der Waals surface area contributed by atoms with Crippen LogP contribution >= 0.6 is 0 Å². The van der Waals surface area contributed by atoms with Crippen molar-refractivity contribution in [2.75, 3.05) is 26.7 Å². The maximum atomic E-state index is 12.7. The molecule has 0 saturated carbocycles. The van der Waals surface area contributed by atoms with Crippen LogP contribution in [0.4, 0.5) is 0 Å². The standard InChI is InChI=1S/C23H29N7O3/c1-3-15-7-9-16(10-8-15)21(19-13-27-19)29-22(31)17(24)14-30(25)12-11-26-23(32)18-5-4-6-20(28-18)33-2/h4-10,14,21H,3,11-13,24-25H2,1-2H3,(H,26,32)(H,29,31)/p+1. The number of pyridine rings is 1. The van der Waals surface area contributed by atoms with Gasteiger partial charge in [0.05, 0.1) is 38.2 Å². The van der Waals surface area contributed by atoms with Crippen molar-refractivity contribution in [2.45, 2.75) is 19.4 Å². The summed E-state index contributed by atoms with van der Waals surface area (Å²) in [6.45, 7) is 3.26. The molecule has 1 aromatic carbocycles. The van der Waals surface area contributed by atoms with Gasteiger partial charge in [0.15, 0.2) is 0 Å². The molecule has 7 N–H and O–H groups in total. The van der Waals surface area contributed by atoms with Crippen LogP contribution in [-0.2, 0) is 11.2 Å². The van der Waals surface area contributed by atoms with Gasteiger partial charge in [0.2, 0.25) is 11.6 Å². The number of ether oxygens (including phenoxy) is 1. The zero-order valence-corrected chi connectivity index (χ0v) is 18.9. The zero-order chi connectivity index (χ0) is 23.8. The number of aliphatic imine (C=N–C) groups is 1. The third-order valence-corrected chi connectivity index (χ3v) is 5.10. The quantitative estimate of drug-likeness (QED) is 0.213. The lowest BCUT2D eigenvalue weighted by molar-refractivity contribution is -0.300. The van der Waals surface area contributed by atoms with E-state index in [1.54, 1.807) is 18.2 Å². The number of nitrogens with two attached hydrogens (primary N) is 1. The molecular formula is C23H30N7O3+. The average Bonchev–Trinajstić information content (AvgIpc) is 3.67. The molecule has 10 nitrogen and oxygen atoms in total. The minimum atomic E-state index is -0.346. The molecule has 10 heteroatoms. The van der Waals surface area contributed by atoms with Crippen LogP contribution in [0.1, 0.15) is 34.6 Å². The summed E-state index contributed by atoms with van der Waals surface area (Å²) in [7, 11) is 1.48. The predicted octanol–water partition coefficient (Wildman–Crippen LogP) is -0.0465. The molecule has 174 valence electrons. The first-order chi connectivity index (χ1) is 15.9. The van der Waals surface area contributed by atoms with Gasteiger partial charge in [-0.25, -0.2) is 10.8 Å². The van der Waals surface area contributed by atoms with E-state index in [-0.39, 0.29) is 42.3 Å². The molecule has 2 heterocycles. The van der Waals surface area contributed by atoms with Crippen LogP contribution in [0.15, 0.2) is 59.4 Å². The number of carbonyl (C=O) groups is 2. The van der Waals surface area contributed by atoms with Crippen molar-refractivity contribution in [1.29, 1.82) is 0 Å². The van der Waals surface area contributed by atoms with Gasteiger partial charge < -0.3 is 26.1 Å². The molecule has 0 saturated heterocycles. The fourth-order valence-corrected chi connectivity index (χ4v) is 3.12. The molecular weight excluding hydrogens is 422 g/mol. The number of benzene rings is 1. The summed E-state index contributed by atoms with van der Waals surface area (Å²) in [6.07, 6.45) is 2.39. The molecule has 2 aromatic rings. The number of amides is 2. The van der Waals surface area contributed by atoms with E-state index in [1.165, 1.54) is 23.9 Å². The van der Waals surface area contributed by atoms with Crippen LogP contribution < -0.4 is 26.9 Å². The summed E-state index contributed by atoms with van der Waals surface area (Å²) in [4.78, 5) is 33.2. The molecule has 1 atom stereocenters. The van der Waals surface area contributed by atoms with E-state index in [2.05, 4.69) is 45.4 Å². The van der Waals surface area contributed by atoms with E-state index >= 15 is 0 Å². The summed E-state index contributed by atoms with van der Waals surface area (Å²) >= 11 is 0. The molecule has 2 amide bonds. The lowest BCUT2D eigenvalue weighted by Crippen LogP contribution is -2.56. The topological polar surface area (TPSA) is 150 Å². The van der Waals surface area contributed by atoms with Crippen LogP contribution in [0.3, 0.4) is 0 Å². The first-order valence-electron chi connectivity index (χ1n) is 10.7. The number of hydrogen-bond acceptors (Lipinski definition) is 7. The van der Waals surface area contributed by atoms with Crippen LogP contribution in [0.2, 0.25) is 0 Å². The smallest absolute Gasteiger partial charge is 0.307 e. The lowest BCUT2D eigenvalue weighted by Gasteiger charge is -2.17. The second-order valence-electron chi connectivity index (χ2n) is 7.52. The maximum absolute atomic E-state index is 12.7. The molecule has 0 bridgehead atoms. The number of aryl methyl sites for hydroxylation is 1. The summed E-state index contributed by atoms with van der Waals surface area (Å²) < 4.78 is 5.02. The highest BCUT2D eigenvalue weighted by Crippen LogP contribution is 2.21. The number of hydrogen-bond donors (Lipinski definition) is 4. The van der Waals surface area contributed by atoms with Gasteiger partial charge in [-0.05, 0) is 23.6 Å². The highest BCUT2D eigenvalue weighted by molar-refractivity contribution is 6.04. The number of nitrogens with zero attached hydrogens (tertiary/aromatic N) is 3. The second kappa shape index (κ2) is 11.2. The van der Waals surface area contributed by atoms with Crippen molar-refractivity contribution in [2.24, 2.45) is 10.8 Å². The molecule has 1 aliphatic heterocycles. The van der Waals surface area contributed by atoms with Crippen LogP contribution in [-0.4, -0.2) is 54.3 Å². The van der Waals surface area contributed by atoms with Crippen molar-refractivity contribution in [1.82, 2.24) is 20.6 Å². The van der Waals surface area contributed by atoms with Gasteiger partial charge in [0, 0.05) is 12.6 Å². The minimum absolute atomic E-state index is 0.203. The Balaban J connectivity index is 1.51. The first-order valence-corrected chi connectivity index (χ1v) is 10.7. The number of carbonyl (C=O) groups excluding carboxylic acids is 2. The Morgan fingerprint density at radius 3 is 2.64 bits per heavy atom. The number of rotatable bonds is 11. The highest BCUT2D eigenvalue weighted by atomic mass is 16.5. The average molecular weight is 453 g/mol. The first kappa shape index (κ1) is 23.9. The van der Waals surface area contributed by atoms with Crippen molar-refractivity contribution in [3.63, 3.8) is 0 Å². The lowest BCUT2D eigenvalue weighted by atomic mass is 10.0. The third kappa shape index (κ3) is 6.86. The number of nitrogens with one attached hydrogen (secondary N) is 2. The van der Waals surface area contributed by atoms with Gasteiger partial charge in [0.1, 0.15) is 5.69 Å². The SMILES string of the molecule is CCc1ccc(C(NC(=O)C([NH3+])=CN(N)CCNC(=O)c2cccc(OC)n2)C2=NC2)cc1. The van der Waals surface area contributed by atoms with Crippen molar-refractivity contribution in [3.05, 3.63) is 71.2 Å². The van der Waals surface area contributed by atoms with Crippen LogP contribution in [0.5, 0.6) is 5.88 Å². The predicted molar refractivity (Wildman–Crippen MR) is 124 cm³/mol. The molecule has 0 spiro atoms. The molecule has 3 rings (SSSR count). The minimum Gasteiger partial charge on any atom is -0.481 e. The number of aromatic nitrogens is 1. The normalized spacial score (nSPS) is 13.6. The zero-order valence-electron chi connectivity index (χ0n) is 18.9. The fourth-order valence-electron chi connectivity index (χ4n) is 3.12.